The first-order valence-electron chi connectivity index (χ1n) is 9.58. The zero-order valence-electron chi connectivity index (χ0n) is 14.7. The Morgan fingerprint density at radius 3 is 1.29 bits per heavy atom. The number of rotatable bonds is 16. The summed E-state index contributed by atoms with van der Waals surface area (Å²) >= 11 is 0. The summed E-state index contributed by atoms with van der Waals surface area (Å²) in [5.74, 6) is 0. The Kier molecular flexibility index (Phi) is 16.2. The van der Waals surface area contributed by atoms with Crippen molar-refractivity contribution < 1.29 is 10.2 Å². The zero-order chi connectivity index (χ0) is 15.8. The minimum absolute atomic E-state index is 0.506. The molecule has 0 spiro atoms. The molecule has 0 aromatic carbocycles. The fourth-order valence-corrected chi connectivity index (χ4v) is 2.88. The van der Waals surface area contributed by atoms with E-state index >= 15 is 0 Å². The fourth-order valence-electron chi connectivity index (χ4n) is 2.88. The Hall–Kier alpha value is -0.0800. The summed E-state index contributed by atoms with van der Waals surface area (Å²) < 4.78 is 0. The molecule has 0 aliphatic rings. The monoisotopic (exact) mass is 300 g/mol. The van der Waals surface area contributed by atoms with Gasteiger partial charge < -0.3 is 10.2 Å². The maximum atomic E-state index is 9.76. The van der Waals surface area contributed by atoms with Crippen LogP contribution >= 0.6 is 0 Å². The van der Waals surface area contributed by atoms with Crippen LogP contribution in [0.1, 0.15) is 110 Å². The van der Waals surface area contributed by atoms with Gasteiger partial charge in [-0.2, -0.15) is 0 Å². The summed E-state index contributed by atoms with van der Waals surface area (Å²) in [7, 11) is 0. The molecule has 0 aliphatic carbocycles. The fraction of sp³-hybridized carbons (Fsp3) is 1.00. The van der Waals surface area contributed by atoms with Crippen LogP contribution in [-0.2, 0) is 0 Å². The van der Waals surface area contributed by atoms with Crippen molar-refractivity contribution >= 4 is 0 Å². The maximum Gasteiger partial charge on any atom is 0.0799 e. The molecule has 0 aromatic rings. The van der Waals surface area contributed by atoms with Crippen molar-refractivity contribution in [3.63, 3.8) is 0 Å². The lowest BCUT2D eigenvalue weighted by Gasteiger charge is -2.16. The van der Waals surface area contributed by atoms with E-state index in [9.17, 15) is 10.2 Å². The summed E-state index contributed by atoms with van der Waals surface area (Å²) in [5.41, 5.74) is 0. The van der Waals surface area contributed by atoms with E-state index < -0.39 is 12.2 Å². The predicted octanol–water partition coefficient (Wildman–Crippen LogP) is 5.60. The molecule has 0 heterocycles. The molecule has 0 rings (SSSR count). The van der Waals surface area contributed by atoms with Crippen LogP contribution in [0.3, 0.4) is 0 Å². The maximum absolute atomic E-state index is 9.76. The smallest absolute Gasteiger partial charge is 0.0799 e. The van der Waals surface area contributed by atoms with Crippen LogP contribution in [0.2, 0.25) is 0 Å². The van der Waals surface area contributed by atoms with E-state index in [1.807, 2.05) is 6.92 Å². The van der Waals surface area contributed by atoms with Gasteiger partial charge >= 0.3 is 0 Å². The van der Waals surface area contributed by atoms with Crippen molar-refractivity contribution in [3.05, 3.63) is 0 Å². The molecule has 2 heteroatoms. The normalized spacial score (nSPS) is 14.3. The molecule has 2 unspecified atom stereocenters. The van der Waals surface area contributed by atoms with Crippen LogP contribution in [0.4, 0.5) is 0 Å². The van der Waals surface area contributed by atoms with Gasteiger partial charge in [-0.25, -0.2) is 0 Å². The molecule has 0 bridgehead atoms. The largest absolute Gasteiger partial charge is 0.390 e. The highest BCUT2D eigenvalue weighted by molar-refractivity contribution is 4.66. The van der Waals surface area contributed by atoms with Gasteiger partial charge in [0.25, 0.3) is 0 Å². The third-order valence-electron chi connectivity index (χ3n) is 4.38. The van der Waals surface area contributed by atoms with E-state index in [1.165, 1.54) is 70.6 Å². The van der Waals surface area contributed by atoms with Crippen LogP contribution in [0.5, 0.6) is 0 Å². The van der Waals surface area contributed by atoms with Crippen molar-refractivity contribution in [2.24, 2.45) is 0 Å². The molecule has 2 atom stereocenters. The molecular weight excluding hydrogens is 260 g/mol. The number of hydrogen-bond acceptors (Lipinski definition) is 2. The van der Waals surface area contributed by atoms with Gasteiger partial charge in [0.1, 0.15) is 0 Å². The van der Waals surface area contributed by atoms with Crippen LogP contribution in [0.25, 0.3) is 0 Å². The quantitative estimate of drug-likeness (QED) is 0.364. The summed E-state index contributed by atoms with van der Waals surface area (Å²) in [4.78, 5) is 0. The summed E-state index contributed by atoms with van der Waals surface area (Å²) in [6.45, 7) is 4.31. The van der Waals surface area contributed by atoms with E-state index in [1.54, 1.807) is 0 Å². The Morgan fingerprint density at radius 1 is 0.476 bits per heavy atom. The Bertz CT molecular complexity index is 194. The first-order valence-corrected chi connectivity index (χ1v) is 9.58. The van der Waals surface area contributed by atoms with Crippen LogP contribution in [0.15, 0.2) is 0 Å². The standard InChI is InChI=1S/C19H40O2/c1-3-5-6-7-8-9-10-11-12-13-14-15-17-19(21)18(20)16-4-2/h18-21H,3-17H2,1-2H3. The minimum Gasteiger partial charge on any atom is -0.390 e. The SMILES string of the molecule is CCCCCCCCCCCCCCC(O)C(O)CCC. The van der Waals surface area contributed by atoms with Gasteiger partial charge in [-0.3, -0.25) is 0 Å². The van der Waals surface area contributed by atoms with Crippen molar-refractivity contribution in [2.75, 3.05) is 0 Å². The van der Waals surface area contributed by atoms with Gasteiger partial charge in [-0.05, 0) is 12.8 Å². The Balaban J connectivity index is 3.15. The van der Waals surface area contributed by atoms with E-state index in [4.69, 9.17) is 0 Å². The molecule has 0 saturated heterocycles. The van der Waals surface area contributed by atoms with Crippen LogP contribution < -0.4 is 0 Å². The molecule has 0 fully saturated rings. The van der Waals surface area contributed by atoms with Gasteiger partial charge in [-0.1, -0.05) is 97.3 Å². The summed E-state index contributed by atoms with van der Waals surface area (Å²) in [6, 6.07) is 0. The van der Waals surface area contributed by atoms with Crippen LogP contribution in [0, 0.1) is 0 Å². The lowest BCUT2D eigenvalue weighted by atomic mass is 10.0. The number of hydrogen-bond donors (Lipinski definition) is 2. The second-order valence-corrected chi connectivity index (χ2v) is 6.60. The number of unbranched alkanes of at least 4 members (excludes halogenated alkanes) is 11. The molecular formula is C19H40O2. The molecule has 0 aliphatic heterocycles. The van der Waals surface area contributed by atoms with Gasteiger partial charge in [-0.15, -0.1) is 0 Å². The van der Waals surface area contributed by atoms with E-state index in [2.05, 4.69) is 6.92 Å². The lowest BCUT2D eigenvalue weighted by Crippen LogP contribution is -2.25. The van der Waals surface area contributed by atoms with Gasteiger partial charge in [0.2, 0.25) is 0 Å². The van der Waals surface area contributed by atoms with E-state index in [0.29, 0.717) is 0 Å². The summed E-state index contributed by atoms with van der Waals surface area (Å²) in [5, 5.41) is 19.4. The molecule has 0 aromatic heterocycles. The van der Waals surface area contributed by atoms with Crippen molar-refractivity contribution in [2.45, 2.75) is 122 Å². The minimum atomic E-state index is -0.511. The van der Waals surface area contributed by atoms with E-state index in [0.717, 1.165) is 25.7 Å². The van der Waals surface area contributed by atoms with Gasteiger partial charge in [0, 0.05) is 0 Å². The molecule has 0 amide bonds. The molecule has 0 saturated carbocycles. The van der Waals surface area contributed by atoms with Crippen molar-refractivity contribution in [3.8, 4) is 0 Å². The molecule has 128 valence electrons. The highest BCUT2D eigenvalue weighted by Crippen LogP contribution is 2.14. The predicted molar refractivity (Wildman–Crippen MR) is 92.6 cm³/mol. The first kappa shape index (κ1) is 20.9. The zero-order valence-corrected chi connectivity index (χ0v) is 14.7. The topological polar surface area (TPSA) is 40.5 Å². The Labute approximate surface area is 133 Å². The lowest BCUT2D eigenvalue weighted by molar-refractivity contribution is 0.00816. The molecule has 2 N–H and O–H groups in total. The third kappa shape index (κ3) is 14.6. The number of aliphatic hydroxyl groups excluding tert-OH is 2. The average molecular weight is 301 g/mol. The average Bonchev–Trinajstić information content (AvgIpc) is 2.48. The second kappa shape index (κ2) is 16.3. The first-order chi connectivity index (χ1) is 10.2. The second-order valence-electron chi connectivity index (χ2n) is 6.60. The van der Waals surface area contributed by atoms with Crippen LogP contribution in [-0.4, -0.2) is 22.4 Å². The Morgan fingerprint density at radius 2 is 0.857 bits per heavy atom. The van der Waals surface area contributed by atoms with Crippen molar-refractivity contribution in [1.82, 2.24) is 0 Å². The number of aliphatic hydroxyl groups is 2. The van der Waals surface area contributed by atoms with Gasteiger partial charge in [0.15, 0.2) is 0 Å². The molecule has 0 radical (unpaired) electrons. The highest BCUT2D eigenvalue weighted by Gasteiger charge is 2.14. The van der Waals surface area contributed by atoms with Crippen molar-refractivity contribution in [1.29, 1.82) is 0 Å². The van der Waals surface area contributed by atoms with E-state index in [-0.39, 0.29) is 0 Å². The molecule has 21 heavy (non-hydrogen) atoms. The van der Waals surface area contributed by atoms with Gasteiger partial charge in [0.05, 0.1) is 12.2 Å². The highest BCUT2D eigenvalue weighted by atomic mass is 16.3. The molecule has 2 nitrogen and oxygen atoms in total. The summed E-state index contributed by atoms with van der Waals surface area (Å²) in [6.07, 6.45) is 17.5. The third-order valence-corrected chi connectivity index (χ3v) is 4.38.